The number of carbonyl (C=O) groups excluding carboxylic acids is 2. The molecule has 2 aromatic rings. The summed E-state index contributed by atoms with van der Waals surface area (Å²) in [6.45, 7) is 14.3. The predicted molar refractivity (Wildman–Crippen MR) is 102 cm³/mol. The van der Waals surface area contributed by atoms with Crippen molar-refractivity contribution < 1.29 is 19.8 Å². The van der Waals surface area contributed by atoms with E-state index in [1.54, 1.807) is 6.07 Å². The van der Waals surface area contributed by atoms with Crippen LogP contribution in [0.15, 0.2) is 36.4 Å². The lowest BCUT2D eigenvalue weighted by molar-refractivity contribution is -0.119. The molecule has 142 valence electrons. The third-order valence-corrected chi connectivity index (χ3v) is 4.22. The second-order valence-electron chi connectivity index (χ2n) is 6.19. The molecule has 0 saturated heterocycles. The summed E-state index contributed by atoms with van der Waals surface area (Å²) in [7, 11) is 0. The van der Waals surface area contributed by atoms with Crippen LogP contribution in [0.2, 0.25) is 0 Å². The van der Waals surface area contributed by atoms with Crippen LogP contribution < -0.4 is 11.5 Å². The Bertz CT molecular complexity index is 1000. The van der Waals surface area contributed by atoms with Crippen molar-refractivity contribution in [3.63, 3.8) is 0 Å². The highest BCUT2D eigenvalue weighted by Crippen LogP contribution is 2.38. The molecule has 2 atom stereocenters. The number of amides is 2. The van der Waals surface area contributed by atoms with E-state index >= 15 is 0 Å². The van der Waals surface area contributed by atoms with Gasteiger partial charge in [0.15, 0.2) is 0 Å². The van der Waals surface area contributed by atoms with Gasteiger partial charge in [-0.2, -0.15) is 0 Å². The molecule has 0 radical (unpaired) electrons. The molecule has 6 N–H and O–H groups in total. The largest absolute Gasteiger partial charge is 0.507 e. The van der Waals surface area contributed by atoms with Gasteiger partial charge in [-0.3, -0.25) is 9.59 Å². The van der Waals surface area contributed by atoms with Gasteiger partial charge < -0.3 is 31.4 Å². The number of aromatic hydroxyl groups is 2. The lowest BCUT2D eigenvalue weighted by Gasteiger charge is -2.12. The number of rotatable bonds is 7. The molecule has 2 rings (SSSR count). The third-order valence-electron chi connectivity index (χ3n) is 4.22. The zero-order valence-electron chi connectivity index (χ0n) is 14.8. The molecule has 8 heteroatoms. The fraction of sp³-hybridized carbons (Fsp3) is 0.200. The molecule has 0 heterocycles. The van der Waals surface area contributed by atoms with Crippen LogP contribution in [0, 0.1) is 13.1 Å². The summed E-state index contributed by atoms with van der Waals surface area (Å²) in [5.41, 5.74) is 11.9. The highest BCUT2D eigenvalue weighted by molar-refractivity contribution is 5.82. The Morgan fingerprint density at radius 2 is 1.57 bits per heavy atom. The van der Waals surface area contributed by atoms with Crippen LogP contribution in [0.1, 0.15) is 23.6 Å². The van der Waals surface area contributed by atoms with Crippen LogP contribution in [0.4, 0.5) is 0 Å². The second-order valence-corrected chi connectivity index (χ2v) is 6.19. The summed E-state index contributed by atoms with van der Waals surface area (Å²) in [6.07, 6.45) is -0.121. The van der Waals surface area contributed by atoms with Gasteiger partial charge in [-0.1, -0.05) is 6.07 Å². The van der Waals surface area contributed by atoms with Gasteiger partial charge in [0, 0.05) is 16.7 Å². The molecule has 0 bridgehead atoms. The SMILES string of the molecule is [C-]#[N+][C@@H](Cc1ccc(O)c(-c2cc([C@@H](CC(N)=O)[N+]#[C-])ccc2O)c1)C(N)=O. The summed E-state index contributed by atoms with van der Waals surface area (Å²) >= 11 is 0. The topological polar surface area (TPSA) is 135 Å². The molecule has 0 aliphatic rings. The fourth-order valence-electron chi connectivity index (χ4n) is 2.76. The van der Waals surface area contributed by atoms with Gasteiger partial charge >= 0.3 is 11.9 Å². The minimum atomic E-state index is -1.04. The summed E-state index contributed by atoms with van der Waals surface area (Å²) in [5, 5.41) is 20.5. The first-order valence-corrected chi connectivity index (χ1v) is 8.22. The zero-order chi connectivity index (χ0) is 20.8. The minimum Gasteiger partial charge on any atom is -0.507 e. The summed E-state index contributed by atoms with van der Waals surface area (Å²) in [4.78, 5) is 29.1. The van der Waals surface area contributed by atoms with Crippen molar-refractivity contribution in [2.75, 3.05) is 0 Å². The molecule has 0 unspecified atom stereocenters. The highest BCUT2D eigenvalue weighted by atomic mass is 16.3. The van der Waals surface area contributed by atoms with Crippen molar-refractivity contribution in [2.24, 2.45) is 11.5 Å². The summed E-state index contributed by atoms with van der Waals surface area (Å²) < 4.78 is 0. The van der Waals surface area contributed by atoms with Crippen LogP contribution in [-0.4, -0.2) is 28.1 Å². The first-order valence-electron chi connectivity index (χ1n) is 8.22. The van der Waals surface area contributed by atoms with Crippen molar-refractivity contribution in [1.29, 1.82) is 0 Å². The van der Waals surface area contributed by atoms with E-state index in [0.29, 0.717) is 11.1 Å². The van der Waals surface area contributed by atoms with Gasteiger partial charge in [0.2, 0.25) is 5.91 Å². The highest BCUT2D eigenvalue weighted by Gasteiger charge is 2.23. The molecule has 0 aliphatic heterocycles. The summed E-state index contributed by atoms with van der Waals surface area (Å²) in [6, 6.07) is 6.98. The van der Waals surface area contributed by atoms with Gasteiger partial charge in [0.1, 0.15) is 17.9 Å². The van der Waals surface area contributed by atoms with Gasteiger partial charge in [0.05, 0.1) is 6.42 Å². The molecular weight excluding hydrogens is 360 g/mol. The molecule has 2 aromatic carbocycles. The van der Waals surface area contributed by atoms with E-state index in [-0.39, 0.29) is 35.5 Å². The Balaban J connectivity index is 2.49. The second kappa shape index (κ2) is 8.56. The average Bonchev–Trinajstić information content (AvgIpc) is 2.65. The number of nitrogens with zero attached hydrogens (tertiary/aromatic N) is 2. The molecule has 2 amide bonds. The lowest BCUT2D eigenvalue weighted by atomic mass is 9.94. The number of hydrogen-bond donors (Lipinski definition) is 4. The Hall–Kier alpha value is -4.04. The van der Waals surface area contributed by atoms with Crippen LogP contribution in [0.5, 0.6) is 11.5 Å². The zero-order valence-corrected chi connectivity index (χ0v) is 14.8. The van der Waals surface area contributed by atoms with E-state index in [4.69, 9.17) is 24.6 Å². The van der Waals surface area contributed by atoms with Gasteiger partial charge in [-0.15, -0.1) is 0 Å². The number of benzene rings is 2. The Labute approximate surface area is 161 Å². The van der Waals surface area contributed by atoms with E-state index in [9.17, 15) is 19.8 Å². The predicted octanol–water partition coefficient (Wildman–Crippen LogP) is 1.92. The van der Waals surface area contributed by atoms with Crippen molar-refractivity contribution in [3.8, 4) is 22.6 Å². The standard InChI is InChI=1S/C20H18N4O4/c1-23-15(10-19(21)27)12-4-6-18(26)14(9-12)13-7-11(3-5-17(13)25)8-16(24-2)20(22)28/h3-7,9,15-16,25-26H,8,10H2,(H2,21,27)(H2,22,28)/t15-,16+/m1/s1. The van der Waals surface area contributed by atoms with Crippen molar-refractivity contribution in [2.45, 2.75) is 24.9 Å². The van der Waals surface area contributed by atoms with E-state index in [1.807, 2.05) is 0 Å². The Morgan fingerprint density at radius 1 is 0.964 bits per heavy atom. The van der Waals surface area contributed by atoms with Gasteiger partial charge in [-0.05, 0) is 35.9 Å². The molecule has 8 nitrogen and oxygen atoms in total. The molecule has 0 fully saturated rings. The van der Waals surface area contributed by atoms with Crippen molar-refractivity contribution in [3.05, 3.63) is 70.4 Å². The average molecular weight is 378 g/mol. The maximum absolute atomic E-state index is 11.3. The smallest absolute Gasteiger partial charge is 0.304 e. The number of hydrogen-bond acceptors (Lipinski definition) is 4. The molecule has 28 heavy (non-hydrogen) atoms. The number of phenols is 2. The number of nitrogens with two attached hydrogens (primary N) is 2. The fourth-order valence-corrected chi connectivity index (χ4v) is 2.76. The summed E-state index contributed by atoms with van der Waals surface area (Å²) in [5.74, 6) is -1.66. The first-order chi connectivity index (χ1) is 13.3. The molecule has 0 saturated carbocycles. The lowest BCUT2D eigenvalue weighted by Crippen LogP contribution is -2.27. The van der Waals surface area contributed by atoms with E-state index < -0.39 is 23.9 Å². The van der Waals surface area contributed by atoms with Crippen molar-refractivity contribution >= 4 is 11.8 Å². The Kier molecular flexibility index (Phi) is 6.20. The normalized spacial score (nSPS) is 12.4. The quantitative estimate of drug-likeness (QED) is 0.547. The molecule has 0 spiro atoms. The third kappa shape index (κ3) is 4.57. The van der Waals surface area contributed by atoms with E-state index in [0.717, 1.165) is 0 Å². The minimum absolute atomic E-state index is 0.0545. The maximum Gasteiger partial charge on any atom is 0.304 e. The number of phenolic OH excluding ortho intramolecular Hbond substituents is 2. The number of carbonyl (C=O) groups is 2. The van der Waals surface area contributed by atoms with E-state index in [1.165, 1.54) is 30.3 Å². The molecule has 0 aliphatic carbocycles. The van der Waals surface area contributed by atoms with E-state index in [2.05, 4.69) is 9.69 Å². The number of primary amides is 2. The van der Waals surface area contributed by atoms with Gasteiger partial charge in [0.25, 0.3) is 6.04 Å². The van der Waals surface area contributed by atoms with Crippen LogP contribution >= 0.6 is 0 Å². The first kappa shape index (κ1) is 20.3. The van der Waals surface area contributed by atoms with Crippen LogP contribution in [0.25, 0.3) is 20.8 Å². The maximum atomic E-state index is 11.3. The van der Waals surface area contributed by atoms with Crippen LogP contribution in [-0.2, 0) is 16.0 Å². The Morgan fingerprint density at radius 3 is 2.11 bits per heavy atom. The van der Waals surface area contributed by atoms with Gasteiger partial charge in [-0.25, -0.2) is 13.1 Å². The molecule has 0 aromatic heterocycles. The monoisotopic (exact) mass is 378 g/mol. The van der Waals surface area contributed by atoms with Crippen LogP contribution in [0.3, 0.4) is 0 Å². The van der Waals surface area contributed by atoms with Crippen molar-refractivity contribution in [1.82, 2.24) is 0 Å². The molecular formula is C20H18N4O4.